The molecule has 6 N–H and O–H groups in total. The normalized spacial score (nSPS) is 10.1. The lowest BCUT2D eigenvalue weighted by atomic mass is 10.2. The van der Waals surface area contributed by atoms with Crippen LogP contribution in [0.1, 0.15) is 23.0 Å². The van der Waals surface area contributed by atoms with E-state index in [1.165, 1.54) is 0 Å². The molecule has 2 aromatic rings. The van der Waals surface area contributed by atoms with Crippen LogP contribution in [0.25, 0.3) is 0 Å². The lowest BCUT2D eigenvalue weighted by Gasteiger charge is -2.15. The second kappa shape index (κ2) is 12.1. The van der Waals surface area contributed by atoms with Crippen LogP contribution in [-0.4, -0.2) is 48.4 Å². The number of hydrogen-bond acceptors (Lipinski definition) is 9. The Morgan fingerprint density at radius 2 is 2.00 bits per heavy atom. The highest BCUT2D eigenvalue weighted by atomic mass is 79.9. The number of rotatable bonds is 11. The number of benzene rings is 1. The molecule has 1 aromatic heterocycles. The maximum atomic E-state index is 11.8. The molecule has 0 saturated carbocycles. The van der Waals surface area contributed by atoms with Gasteiger partial charge in [0, 0.05) is 19.6 Å². The minimum absolute atomic E-state index is 0. The second-order valence-corrected chi connectivity index (χ2v) is 6.38. The van der Waals surface area contributed by atoms with E-state index in [9.17, 15) is 9.59 Å². The van der Waals surface area contributed by atoms with Crippen molar-refractivity contribution in [2.75, 3.05) is 32.0 Å². The molecule has 11 nitrogen and oxygen atoms in total. The van der Waals surface area contributed by atoms with E-state index in [-0.39, 0.29) is 30.5 Å². The van der Waals surface area contributed by atoms with Crippen molar-refractivity contribution in [2.45, 2.75) is 13.5 Å². The number of halogens is 2. The lowest BCUT2D eigenvalue weighted by molar-refractivity contribution is -0.119. The molecule has 160 valence electrons. The summed E-state index contributed by atoms with van der Waals surface area (Å²) in [6.07, 6.45) is 0. The fraction of sp³-hybridized carbons (Fsp3) is 0.375. The highest BCUT2D eigenvalue weighted by Crippen LogP contribution is 2.36. The molecule has 0 atom stereocenters. The zero-order valence-electron chi connectivity index (χ0n) is 15.6. The number of anilines is 1. The molecule has 0 unspecified atom stereocenters. The smallest absolute Gasteiger partial charge is 0.277 e. The van der Waals surface area contributed by atoms with Gasteiger partial charge in [0.15, 0.2) is 18.1 Å². The largest absolute Gasteiger partial charge is 0.490 e. The summed E-state index contributed by atoms with van der Waals surface area (Å²) in [4.78, 5) is 22.8. The predicted molar refractivity (Wildman–Crippen MR) is 110 cm³/mol. The zero-order chi connectivity index (χ0) is 20.5. The van der Waals surface area contributed by atoms with Gasteiger partial charge < -0.3 is 31.6 Å². The molecule has 0 aliphatic rings. The van der Waals surface area contributed by atoms with E-state index in [1.807, 2.05) is 13.0 Å². The molecule has 29 heavy (non-hydrogen) atoms. The van der Waals surface area contributed by atoms with E-state index in [2.05, 4.69) is 41.5 Å². The molecule has 0 fully saturated rings. The first kappa shape index (κ1) is 24.5. The Bertz CT molecular complexity index is 834. The number of nitrogens with zero attached hydrogens (tertiary/aromatic N) is 2. The number of amides is 2. The fourth-order valence-electron chi connectivity index (χ4n) is 2.20. The van der Waals surface area contributed by atoms with Gasteiger partial charge in [-0.2, -0.15) is 0 Å². The third-order valence-electron chi connectivity index (χ3n) is 3.37. The summed E-state index contributed by atoms with van der Waals surface area (Å²) in [5.41, 5.74) is 11.4. The Kier molecular flexibility index (Phi) is 10.2. The zero-order valence-corrected chi connectivity index (χ0v) is 18.0. The molecule has 0 aliphatic heterocycles. The minimum atomic E-state index is -0.578. The van der Waals surface area contributed by atoms with Crippen LogP contribution in [0.2, 0.25) is 0 Å². The number of nitrogens with one attached hydrogen (secondary N) is 2. The van der Waals surface area contributed by atoms with E-state index >= 15 is 0 Å². The highest BCUT2D eigenvalue weighted by molar-refractivity contribution is 9.10. The van der Waals surface area contributed by atoms with E-state index in [0.717, 1.165) is 5.56 Å². The molecular weight excluding hydrogens is 472 g/mol. The van der Waals surface area contributed by atoms with Gasteiger partial charge in [0.05, 0.1) is 11.1 Å². The van der Waals surface area contributed by atoms with Crippen molar-refractivity contribution < 1.29 is 23.7 Å². The van der Waals surface area contributed by atoms with Crippen LogP contribution in [0.3, 0.4) is 0 Å². The summed E-state index contributed by atoms with van der Waals surface area (Å²) in [7, 11) is 0. The third-order valence-corrected chi connectivity index (χ3v) is 3.96. The van der Waals surface area contributed by atoms with Gasteiger partial charge in [-0.05, 0) is 50.9 Å². The van der Waals surface area contributed by atoms with Gasteiger partial charge in [0.2, 0.25) is 11.5 Å². The van der Waals surface area contributed by atoms with Crippen LogP contribution in [-0.2, 0) is 11.3 Å². The minimum Gasteiger partial charge on any atom is -0.490 e. The Morgan fingerprint density at radius 3 is 2.62 bits per heavy atom. The predicted octanol–water partition coefficient (Wildman–Crippen LogP) is 0.619. The van der Waals surface area contributed by atoms with Gasteiger partial charge in [0.1, 0.15) is 0 Å². The Labute approximate surface area is 181 Å². The number of nitrogen functional groups attached to an aromatic ring is 1. The Hall–Kier alpha value is -2.57. The number of nitrogens with two attached hydrogens (primary N) is 2. The molecule has 2 amide bonds. The van der Waals surface area contributed by atoms with Crippen molar-refractivity contribution in [3.63, 3.8) is 0 Å². The van der Waals surface area contributed by atoms with Gasteiger partial charge >= 0.3 is 0 Å². The van der Waals surface area contributed by atoms with Crippen LogP contribution in [0.15, 0.2) is 21.2 Å². The van der Waals surface area contributed by atoms with Crippen molar-refractivity contribution in [2.24, 2.45) is 5.73 Å². The van der Waals surface area contributed by atoms with E-state index in [4.69, 9.17) is 20.9 Å². The van der Waals surface area contributed by atoms with Crippen molar-refractivity contribution in [1.29, 1.82) is 0 Å². The van der Waals surface area contributed by atoms with Crippen molar-refractivity contribution in [1.82, 2.24) is 20.9 Å². The third kappa shape index (κ3) is 7.40. The maximum absolute atomic E-state index is 11.8. The summed E-state index contributed by atoms with van der Waals surface area (Å²) in [6, 6.07) is 3.64. The van der Waals surface area contributed by atoms with E-state index < -0.39 is 11.8 Å². The standard InChI is InChI=1S/C16H21BrN6O5.ClH/c1-2-26-11-6-9(5-10(17)14(11)27-8-12(18)24)7-20-3-4-21-16(25)13-15(19)23-28-22-13;/h5-6,20H,2-4,7-8H2,1H3,(H2,18,24)(H2,19,23)(H,21,25);1H. The quantitative estimate of drug-likeness (QED) is 0.328. The first-order valence-corrected chi connectivity index (χ1v) is 9.15. The fourth-order valence-corrected chi connectivity index (χ4v) is 2.81. The summed E-state index contributed by atoms with van der Waals surface area (Å²) >= 11 is 3.41. The average Bonchev–Trinajstić information content (AvgIpc) is 3.06. The summed E-state index contributed by atoms with van der Waals surface area (Å²) < 4.78 is 16.0. The lowest BCUT2D eigenvalue weighted by Crippen LogP contribution is -2.32. The molecule has 1 aromatic carbocycles. The Morgan fingerprint density at radius 1 is 1.24 bits per heavy atom. The average molecular weight is 494 g/mol. The second-order valence-electron chi connectivity index (χ2n) is 5.52. The molecule has 2 rings (SSSR count). The molecule has 13 heteroatoms. The van der Waals surface area contributed by atoms with Crippen molar-refractivity contribution in [3.8, 4) is 11.5 Å². The van der Waals surface area contributed by atoms with Gasteiger partial charge in [-0.15, -0.1) is 12.4 Å². The van der Waals surface area contributed by atoms with Crippen LogP contribution < -0.4 is 31.6 Å². The van der Waals surface area contributed by atoms with Crippen LogP contribution in [0.5, 0.6) is 11.5 Å². The van der Waals surface area contributed by atoms with Crippen molar-refractivity contribution in [3.05, 3.63) is 27.9 Å². The van der Waals surface area contributed by atoms with Crippen LogP contribution in [0, 0.1) is 0 Å². The summed E-state index contributed by atoms with van der Waals surface area (Å²) in [5, 5.41) is 12.6. The van der Waals surface area contributed by atoms with Gasteiger partial charge in [-0.3, -0.25) is 9.59 Å². The monoisotopic (exact) mass is 492 g/mol. The van der Waals surface area contributed by atoms with Gasteiger partial charge in [-0.25, -0.2) is 4.63 Å². The van der Waals surface area contributed by atoms with Gasteiger partial charge in [-0.1, -0.05) is 0 Å². The first-order valence-electron chi connectivity index (χ1n) is 8.35. The summed E-state index contributed by atoms with van der Waals surface area (Å²) in [6.45, 7) is 3.39. The Balaban J connectivity index is 0.00000420. The first-order chi connectivity index (χ1) is 13.4. The maximum Gasteiger partial charge on any atom is 0.277 e. The molecule has 0 radical (unpaired) electrons. The van der Waals surface area contributed by atoms with E-state index in [0.29, 0.717) is 42.2 Å². The number of primary amides is 1. The topological polar surface area (TPSA) is 168 Å². The van der Waals surface area contributed by atoms with E-state index in [1.54, 1.807) is 6.07 Å². The molecule has 0 aliphatic carbocycles. The number of hydrogen-bond donors (Lipinski definition) is 4. The highest BCUT2D eigenvalue weighted by Gasteiger charge is 2.15. The van der Waals surface area contributed by atoms with Crippen LogP contribution >= 0.6 is 28.3 Å². The van der Waals surface area contributed by atoms with Gasteiger partial charge in [0.25, 0.3) is 11.8 Å². The number of carbonyl (C=O) groups excluding carboxylic acids is 2. The molecule has 1 heterocycles. The molecular formula is C16H22BrClN6O5. The number of ether oxygens (including phenoxy) is 2. The molecule has 0 spiro atoms. The molecule has 0 bridgehead atoms. The number of aromatic nitrogens is 2. The number of carbonyl (C=O) groups is 2. The SMILES string of the molecule is CCOc1cc(CNCCNC(=O)c2nonc2N)cc(Br)c1OCC(N)=O.Cl. The molecule has 0 saturated heterocycles. The van der Waals surface area contributed by atoms with Crippen molar-refractivity contribution >= 4 is 46.0 Å². The summed E-state index contributed by atoms with van der Waals surface area (Å²) in [5.74, 6) is -0.187. The van der Waals surface area contributed by atoms with Crippen LogP contribution in [0.4, 0.5) is 5.82 Å².